The zero-order valence-electron chi connectivity index (χ0n) is 13.6. The molecule has 0 saturated carbocycles. The van der Waals surface area contributed by atoms with E-state index in [1.165, 1.54) is 12.4 Å². The van der Waals surface area contributed by atoms with Crippen molar-refractivity contribution < 1.29 is 14.3 Å². The van der Waals surface area contributed by atoms with Crippen molar-refractivity contribution in [2.75, 3.05) is 6.61 Å². The largest absolute Gasteiger partial charge is 0.462 e. The van der Waals surface area contributed by atoms with E-state index in [2.05, 4.69) is 25.7 Å². The number of ether oxygens (including phenoxy) is 1. The van der Waals surface area contributed by atoms with E-state index in [9.17, 15) is 14.4 Å². The number of fused-ring (bicyclic) bond motifs is 1. The number of rotatable bonds is 5. The summed E-state index contributed by atoms with van der Waals surface area (Å²) in [6.07, 6.45) is 2.68. The van der Waals surface area contributed by atoms with E-state index in [-0.39, 0.29) is 17.9 Å². The fourth-order valence-electron chi connectivity index (χ4n) is 2.13. The Labute approximate surface area is 150 Å². The second-order valence-corrected chi connectivity index (χ2v) is 5.99. The van der Waals surface area contributed by atoms with Gasteiger partial charge >= 0.3 is 5.97 Å². The maximum atomic E-state index is 12.3. The molecule has 26 heavy (non-hydrogen) atoms. The number of nitrogens with one attached hydrogen (secondary N) is 2. The summed E-state index contributed by atoms with van der Waals surface area (Å²) in [5.74, 6) is -1.05. The molecular formula is C16H13N5O4S. The van der Waals surface area contributed by atoms with Gasteiger partial charge < -0.3 is 4.74 Å². The van der Waals surface area contributed by atoms with Crippen LogP contribution in [-0.4, -0.2) is 39.9 Å². The highest BCUT2D eigenvalue weighted by molar-refractivity contribution is 7.15. The lowest BCUT2D eigenvalue weighted by Gasteiger charge is -2.02. The molecule has 1 amide bonds. The Bertz CT molecular complexity index is 1060. The Morgan fingerprint density at radius 1 is 1.35 bits per heavy atom. The van der Waals surface area contributed by atoms with Gasteiger partial charge in [0.2, 0.25) is 0 Å². The lowest BCUT2D eigenvalue weighted by molar-refractivity contribution is 0.0531. The lowest BCUT2D eigenvalue weighted by Crippen LogP contribution is -2.22. The highest BCUT2D eigenvalue weighted by Gasteiger charge is 2.13. The summed E-state index contributed by atoms with van der Waals surface area (Å²) in [4.78, 5) is 39.9. The molecule has 3 rings (SSSR count). The minimum Gasteiger partial charge on any atom is -0.462 e. The van der Waals surface area contributed by atoms with Gasteiger partial charge in [-0.3, -0.25) is 9.59 Å². The normalized spacial score (nSPS) is 11.0. The number of hydrazone groups is 1. The van der Waals surface area contributed by atoms with Crippen LogP contribution in [0.2, 0.25) is 0 Å². The average molecular weight is 371 g/mol. The molecule has 10 heteroatoms. The van der Waals surface area contributed by atoms with E-state index in [0.717, 1.165) is 11.3 Å². The van der Waals surface area contributed by atoms with Crippen LogP contribution in [0, 0.1) is 0 Å². The van der Waals surface area contributed by atoms with Crippen LogP contribution in [0.5, 0.6) is 0 Å². The number of aromatic amines is 1. The molecule has 0 spiro atoms. The molecule has 0 saturated heterocycles. The number of carbonyl (C=O) groups excluding carboxylic acids is 2. The summed E-state index contributed by atoms with van der Waals surface area (Å²) >= 11 is 1.08. The summed E-state index contributed by atoms with van der Waals surface area (Å²) < 4.78 is 4.87. The molecule has 0 atom stereocenters. The van der Waals surface area contributed by atoms with Crippen molar-refractivity contribution >= 4 is 40.2 Å². The summed E-state index contributed by atoms with van der Waals surface area (Å²) in [7, 11) is 0. The topological polar surface area (TPSA) is 126 Å². The first-order chi connectivity index (χ1) is 12.6. The number of amides is 1. The zero-order chi connectivity index (χ0) is 18.5. The van der Waals surface area contributed by atoms with Gasteiger partial charge in [0.1, 0.15) is 9.88 Å². The number of carbonyl (C=O) groups is 2. The second-order valence-electron chi connectivity index (χ2n) is 4.93. The third-order valence-corrected chi connectivity index (χ3v) is 4.16. The maximum absolute atomic E-state index is 12.3. The van der Waals surface area contributed by atoms with Gasteiger partial charge in [-0.15, -0.1) is 11.3 Å². The van der Waals surface area contributed by atoms with Crippen molar-refractivity contribution in [3.63, 3.8) is 0 Å². The number of hydrogen-bond acceptors (Lipinski definition) is 8. The Morgan fingerprint density at radius 3 is 2.88 bits per heavy atom. The molecule has 0 fully saturated rings. The number of esters is 1. The van der Waals surface area contributed by atoms with Gasteiger partial charge in [-0.2, -0.15) is 10.2 Å². The van der Waals surface area contributed by atoms with Gasteiger partial charge in [0.25, 0.3) is 11.5 Å². The minimum atomic E-state index is -0.587. The van der Waals surface area contributed by atoms with Crippen LogP contribution in [0.25, 0.3) is 10.8 Å². The number of nitrogens with zero attached hydrogens (tertiary/aromatic N) is 3. The van der Waals surface area contributed by atoms with Crippen molar-refractivity contribution in [3.05, 3.63) is 56.4 Å². The third kappa shape index (κ3) is 3.64. The van der Waals surface area contributed by atoms with E-state index < -0.39 is 11.9 Å². The van der Waals surface area contributed by atoms with Gasteiger partial charge in [0.05, 0.1) is 24.4 Å². The van der Waals surface area contributed by atoms with Crippen LogP contribution in [-0.2, 0) is 4.74 Å². The van der Waals surface area contributed by atoms with Crippen molar-refractivity contribution in [3.8, 4) is 0 Å². The lowest BCUT2D eigenvalue weighted by atomic mass is 10.1. The van der Waals surface area contributed by atoms with Gasteiger partial charge in [0.15, 0.2) is 5.69 Å². The molecule has 132 valence electrons. The van der Waals surface area contributed by atoms with E-state index in [0.29, 0.717) is 20.7 Å². The molecular weight excluding hydrogens is 358 g/mol. The number of H-pyrrole nitrogens is 1. The minimum absolute atomic E-state index is 0.0451. The van der Waals surface area contributed by atoms with Gasteiger partial charge in [-0.05, 0) is 13.0 Å². The summed E-state index contributed by atoms with van der Waals surface area (Å²) in [5.41, 5.74) is 1.98. The fraction of sp³-hybridized carbons (Fsp3) is 0.125. The molecule has 3 aromatic rings. The molecule has 2 N–H and O–H groups in total. The molecule has 0 radical (unpaired) electrons. The van der Waals surface area contributed by atoms with Crippen LogP contribution in [0.1, 0.15) is 32.1 Å². The van der Waals surface area contributed by atoms with E-state index in [1.54, 1.807) is 31.2 Å². The highest BCUT2D eigenvalue weighted by atomic mass is 32.1. The molecule has 0 bridgehead atoms. The van der Waals surface area contributed by atoms with Crippen LogP contribution >= 0.6 is 11.3 Å². The first kappa shape index (κ1) is 17.4. The summed E-state index contributed by atoms with van der Waals surface area (Å²) in [5, 5.41) is 11.1. The first-order valence-corrected chi connectivity index (χ1v) is 8.35. The molecule has 0 aliphatic rings. The molecule has 1 aromatic carbocycles. The van der Waals surface area contributed by atoms with Gasteiger partial charge in [0, 0.05) is 5.39 Å². The zero-order valence-corrected chi connectivity index (χ0v) is 14.4. The van der Waals surface area contributed by atoms with Crippen LogP contribution in [0.15, 0.2) is 40.4 Å². The Kier molecular flexibility index (Phi) is 5.13. The number of hydrogen-bond donors (Lipinski definition) is 2. The van der Waals surface area contributed by atoms with Crippen molar-refractivity contribution in [2.24, 2.45) is 5.10 Å². The molecule has 2 heterocycles. The highest BCUT2D eigenvalue weighted by Crippen LogP contribution is 2.13. The van der Waals surface area contributed by atoms with Gasteiger partial charge in [-0.25, -0.2) is 20.3 Å². The fourth-order valence-corrected chi connectivity index (χ4v) is 2.81. The number of aromatic nitrogens is 3. The van der Waals surface area contributed by atoms with E-state index >= 15 is 0 Å². The quantitative estimate of drug-likeness (QED) is 0.396. The summed E-state index contributed by atoms with van der Waals surface area (Å²) in [6.45, 7) is 1.99. The molecule has 2 aromatic heterocycles. The van der Waals surface area contributed by atoms with Crippen molar-refractivity contribution in [2.45, 2.75) is 6.92 Å². The predicted molar refractivity (Wildman–Crippen MR) is 95.5 cm³/mol. The second kappa shape index (κ2) is 7.66. The Balaban J connectivity index is 1.74. The first-order valence-electron chi connectivity index (χ1n) is 7.54. The smallest absolute Gasteiger partial charge is 0.349 e. The number of benzene rings is 1. The van der Waals surface area contributed by atoms with Crippen molar-refractivity contribution in [1.82, 2.24) is 20.6 Å². The predicted octanol–water partition coefficient (Wildman–Crippen LogP) is 1.32. The maximum Gasteiger partial charge on any atom is 0.349 e. The van der Waals surface area contributed by atoms with Crippen LogP contribution in [0.3, 0.4) is 0 Å². The van der Waals surface area contributed by atoms with Crippen molar-refractivity contribution in [1.29, 1.82) is 0 Å². The Hall–Kier alpha value is -3.40. The average Bonchev–Trinajstić information content (AvgIpc) is 3.11. The number of thiazole rings is 1. The molecule has 0 aliphatic carbocycles. The van der Waals surface area contributed by atoms with Crippen LogP contribution < -0.4 is 11.0 Å². The standard InChI is InChI=1S/C16H13N5O4S/c1-2-25-16(24)11-7-17-12(26-11)8-18-20-15(23)13-9-5-3-4-6-10(9)14(22)21-19-13/h3-8H,2H2,1H3,(H,20,23)(H,21,22)/b18-8+. The van der Waals surface area contributed by atoms with E-state index in [4.69, 9.17) is 4.74 Å². The SMILES string of the molecule is CCOC(=O)c1cnc(/C=N/NC(=O)c2n[nH]c(=O)c3ccccc23)s1. The monoisotopic (exact) mass is 371 g/mol. The van der Waals surface area contributed by atoms with Gasteiger partial charge in [-0.1, -0.05) is 18.2 Å². The third-order valence-electron chi connectivity index (χ3n) is 3.25. The molecule has 9 nitrogen and oxygen atoms in total. The Morgan fingerprint density at radius 2 is 2.12 bits per heavy atom. The van der Waals surface area contributed by atoms with E-state index in [1.807, 2.05) is 0 Å². The molecule has 0 unspecified atom stereocenters. The van der Waals surface area contributed by atoms with Crippen LogP contribution in [0.4, 0.5) is 0 Å². The summed E-state index contributed by atoms with van der Waals surface area (Å²) in [6, 6.07) is 6.63. The molecule has 0 aliphatic heterocycles.